The van der Waals surface area contributed by atoms with Gasteiger partial charge < -0.3 is 4.90 Å². The van der Waals surface area contributed by atoms with Crippen LogP contribution >= 0.6 is 11.8 Å². The molecule has 6 heteroatoms. The summed E-state index contributed by atoms with van der Waals surface area (Å²) in [7, 11) is 0. The lowest BCUT2D eigenvalue weighted by Gasteiger charge is -2.17. The van der Waals surface area contributed by atoms with Crippen molar-refractivity contribution in [1.82, 2.24) is 4.90 Å². The first-order valence-corrected chi connectivity index (χ1v) is 10.2. The van der Waals surface area contributed by atoms with Gasteiger partial charge in [-0.25, -0.2) is 0 Å². The Morgan fingerprint density at radius 1 is 0.926 bits per heavy atom. The maximum absolute atomic E-state index is 12.5. The van der Waals surface area contributed by atoms with Crippen LogP contribution in [0, 0.1) is 0 Å². The highest BCUT2D eigenvalue weighted by atomic mass is 32.2. The number of carbonyl (C=O) groups excluding carboxylic acids is 3. The number of anilines is 1. The van der Waals surface area contributed by atoms with Crippen molar-refractivity contribution in [2.75, 3.05) is 29.5 Å². The van der Waals surface area contributed by atoms with Gasteiger partial charge in [0.15, 0.2) is 0 Å². The van der Waals surface area contributed by atoms with Gasteiger partial charge in [0.05, 0.1) is 11.1 Å². The molecule has 2 aliphatic rings. The zero-order valence-electron chi connectivity index (χ0n) is 14.9. The Kier molecular flexibility index (Phi) is 4.99. The van der Waals surface area contributed by atoms with E-state index < -0.39 is 0 Å². The summed E-state index contributed by atoms with van der Waals surface area (Å²) in [5, 5.41) is 0. The molecule has 0 atom stereocenters. The van der Waals surface area contributed by atoms with E-state index in [0.717, 1.165) is 18.7 Å². The number of rotatable bonds is 6. The number of fused-ring (bicyclic) bond motifs is 2. The SMILES string of the molecule is O=C1c2ccccc2C(=O)N1CCSCCC(=O)N1CCc2ccccc21. The summed E-state index contributed by atoms with van der Waals surface area (Å²) in [6.45, 7) is 1.12. The highest BCUT2D eigenvalue weighted by Crippen LogP contribution is 2.28. The molecular weight excluding hydrogens is 360 g/mol. The molecule has 0 spiro atoms. The van der Waals surface area contributed by atoms with Crippen LogP contribution in [0.5, 0.6) is 0 Å². The molecule has 0 fully saturated rings. The number of nitrogens with zero attached hydrogens (tertiary/aromatic N) is 2. The van der Waals surface area contributed by atoms with E-state index in [2.05, 4.69) is 6.07 Å². The minimum Gasteiger partial charge on any atom is -0.312 e. The van der Waals surface area contributed by atoms with Crippen molar-refractivity contribution in [2.24, 2.45) is 0 Å². The average Bonchev–Trinajstić information content (AvgIpc) is 3.23. The maximum Gasteiger partial charge on any atom is 0.261 e. The van der Waals surface area contributed by atoms with Gasteiger partial charge in [0.25, 0.3) is 11.8 Å². The second kappa shape index (κ2) is 7.56. The van der Waals surface area contributed by atoms with E-state index in [1.807, 2.05) is 23.1 Å². The number of hydrogen-bond donors (Lipinski definition) is 0. The van der Waals surface area contributed by atoms with E-state index >= 15 is 0 Å². The first-order chi connectivity index (χ1) is 13.2. The lowest BCUT2D eigenvalue weighted by atomic mass is 10.1. The quantitative estimate of drug-likeness (QED) is 0.571. The molecule has 0 N–H and O–H groups in total. The molecule has 4 rings (SSSR count). The molecule has 0 bridgehead atoms. The van der Waals surface area contributed by atoms with E-state index in [9.17, 15) is 14.4 Å². The summed E-state index contributed by atoms with van der Waals surface area (Å²) >= 11 is 1.60. The summed E-state index contributed by atoms with van der Waals surface area (Å²) in [6, 6.07) is 14.9. The predicted molar refractivity (Wildman–Crippen MR) is 106 cm³/mol. The first kappa shape index (κ1) is 17.8. The van der Waals surface area contributed by atoms with Crippen molar-refractivity contribution < 1.29 is 14.4 Å². The molecule has 3 amide bonds. The molecule has 0 aliphatic carbocycles. The number of benzene rings is 2. The van der Waals surface area contributed by atoms with Crippen LogP contribution in [0.1, 0.15) is 32.7 Å². The molecule has 0 unspecified atom stereocenters. The second-order valence-electron chi connectivity index (χ2n) is 6.59. The Morgan fingerprint density at radius 2 is 1.59 bits per heavy atom. The van der Waals surface area contributed by atoms with E-state index in [0.29, 0.717) is 35.6 Å². The zero-order valence-corrected chi connectivity index (χ0v) is 15.7. The van der Waals surface area contributed by atoms with Gasteiger partial charge in [-0.05, 0) is 30.2 Å². The summed E-state index contributed by atoms with van der Waals surface area (Å²) in [6.07, 6.45) is 1.37. The molecular formula is C21H20N2O3S. The Bertz CT molecular complexity index is 877. The van der Waals surface area contributed by atoms with Crippen molar-refractivity contribution in [2.45, 2.75) is 12.8 Å². The zero-order chi connectivity index (χ0) is 18.8. The normalized spacial score (nSPS) is 15.3. The van der Waals surface area contributed by atoms with E-state index in [1.165, 1.54) is 10.5 Å². The topological polar surface area (TPSA) is 57.7 Å². The monoisotopic (exact) mass is 380 g/mol. The van der Waals surface area contributed by atoms with Crippen LogP contribution in [-0.2, 0) is 11.2 Å². The standard InChI is InChI=1S/C21H20N2O3S/c24-19(22-11-9-15-5-1-4-8-18(15)22)10-13-27-14-12-23-20(25)16-6-2-3-7-17(16)21(23)26/h1-8H,9-14H2. The number of imide groups is 1. The molecule has 0 saturated heterocycles. The third-order valence-electron chi connectivity index (χ3n) is 4.99. The van der Waals surface area contributed by atoms with Crippen LogP contribution < -0.4 is 4.90 Å². The van der Waals surface area contributed by atoms with Gasteiger partial charge in [-0.2, -0.15) is 11.8 Å². The minimum atomic E-state index is -0.221. The molecule has 2 aromatic rings. The Labute approximate surface area is 162 Å². The predicted octanol–water partition coefficient (Wildman–Crippen LogP) is 3.00. The minimum absolute atomic E-state index is 0.133. The second-order valence-corrected chi connectivity index (χ2v) is 7.82. The Morgan fingerprint density at radius 3 is 2.33 bits per heavy atom. The van der Waals surface area contributed by atoms with Gasteiger partial charge in [0, 0.05) is 36.7 Å². The van der Waals surface area contributed by atoms with Crippen LogP contribution in [0.3, 0.4) is 0 Å². The number of hydrogen-bond acceptors (Lipinski definition) is 4. The average molecular weight is 380 g/mol. The smallest absolute Gasteiger partial charge is 0.261 e. The summed E-state index contributed by atoms with van der Waals surface area (Å²) in [5.74, 6) is 1.01. The third-order valence-corrected chi connectivity index (χ3v) is 5.95. The number of carbonyl (C=O) groups is 3. The van der Waals surface area contributed by atoms with Crippen molar-refractivity contribution in [3.05, 3.63) is 65.2 Å². The lowest BCUT2D eigenvalue weighted by molar-refractivity contribution is -0.118. The molecule has 0 radical (unpaired) electrons. The van der Waals surface area contributed by atoms with E-state index in [4.69, 9.17) is 0 Å². The molecule has 2 aromatic carbocycles. The number of para-hydroxylation sites is 1. The Balaban J connectivity index is 1.23. The van der Waals surface area contributed by atoms with Gasteiger partial charge in [-0.1, -0.05) is 30.3 Å². The van der Waals surface area contributed by atoms with E-state index in [1.54, 1.807) is 36.0 Å². The molecule has 0 aromatic heterocycles. The van der Waals surface area contributed by atoms with Crippen molar-refractivity contribution >= 4 is 35.2 Å². The van der Waals surface area contributed by atoms with Crippen LogP contribution in [0.15, 0.2) is 48.5 Å². The van der Waals surface area contributed by atoms with Crippen molar-refractivity contribution in [1.29, 1.82) is 0 Å². The fourth-order valence-corrected chi connectivity index (χ4v) is 4.43. The van der Waals surface area contributed by atoms with Crippen molar-refractivity contribution in [3.8, 4) is 0 Å². The molecule has 27 heavy (non-hydrogen) atoms. The van der Waals surface area contributed by atoms with Crippen LogP contribution in [0.25, 0.3) is 0 Å². The Hall–Kier alpha value is -2.60. The van der Waals surface area contributed by atoms with Gasteiger partial charge >= 0.3 is 0 Å². The van der Waals surface area contributed by atoms with Crippen LogP contribution in [-0.4, -0.2) is 47.2 Å². The van der Waals surface area contributed by atoms with Crippen molar-refractivity contribution in [3.63, 3.8) is 0 Å². The van der Waals surface area contributed by atoms with Gasteiger partial charge in [-0.3, -0.25) is 19.3 Å². The molecule has 138 valence electrons. The number of amides is 3. The first-order valence-electron chi connectivity index (χ1n) is 9.08. The summed E-state index contributed by atoms with van der Waals surface area (Å²) < 4.78 is 0. The molecule has 2 heterocycles. The highest BCUT2D eigenvalue weighted by Gasteiger charge is 2.34. The van der Waals surface area contributed by atoms with Crippen LogP contribution in [0.2, 0.25) is 0 Å². The van der Waals surface area contributed by atoms with E-state index in [-0.39, 0.29) is 17.7 Å². The van der Waals surface area contributed by atoms with Crippen LogP contribution in [0.4, 0.5) is 5.69 Å². The fourth-order valence-electron chi connectivity index (χ4n) is 3.59. The largest absolute Gasteiger partial charge is 0.312 e. The fraction of sp³-hybridized carbons (Fsp3) is 0.286. The molecule has 5 nitrogen and oxygen atoms in total. The third kappa shape index (κ3) is 3.37. The summed E-state index contributed by atoms with van der Waals surface area (Å²) in [4.78, 5) is 40.2. The highest BCUT2D eigenvalue weighted by molar-refractivity contribution is 7.99. The van der Waals surface area contributed by atoms with Gasteiger partial charge in [-0.15, -0.1) is 0 Å². The maximum atomic E-state index is 12.5. The number of thioether (sulfide) groups is 1. The van der Waals surface area contributed by atoms with Gasteiger partial charge in [0.2, 0.25) is 5.91 Å². The van der Waals surface area contributed by atoms with Gasteiger partial charge in [0.1, 0.15) is 0 Å². The molecule has 0 saturated carbocycles. The molecule has 2 aliphatic heterocycles. The summed E-state index contributed by atoms with van der Waals surface area (Å²) in [5.41, 5.74) is 3.22. The lowest BCUT2D eigenvalue weighted by Crippen LogP contribution is -2.32.